The fourth-order valence-corrected chi connectivity index (χ4v) is 3.16. The van der Waals surface area contributed by atoms with Gasteiger partial charge in [-0.05, 0) is 6.92 Å². The number of aromatic nitrogens is 1. The molecule has 0 unspecified atom stereocenters. The van der Waals surface area contributed by atoms with E-state index in [-0.39, 0.29) is 37.1 Å². The van der Waals surface area contributed by atoms with Gasteiger partial charge in [0.1, 0.15) is 18.9 Å². The summed E-state index contributed by atoms with van der Waals surface area (Å²) in [5.41, 5.74) is 1.44. The van der Waals surface area contributed by atoms with Crippen LogP contribution in [0.2, 0.25) is 0 Å². The average molecular weight is 366 g/mol. The van der Waals surface area contributed by atoms with Crippen LogP contribution in [0.4, 0.5) is 5.69 Å². The topological polar surface area (TPSA) is 110 Å². The Morgan fingerprint density at radius 1 is 1.48 bits per heavy atom. The highest BCUT2D eigenvalue weighted by Gasteiger charge is 2.22. The van der Waals surface area contributed by atoms with E-state index in [0.29, 0.717) is 22.6 Å². The summed E-state index contributed by atoms with van der Waals surface area (Å²) >= 11 is 1.00. The fourth-order valence-electron chi connectivity index (χ4n) is 2.42. The van der Waals surface area contributed by atoms with Crippen molar-refractivity contribution < 1.29 is 23.9 Å². The predicted molar refractivity (Wildman–Crippen MR) is 86.5 cm³/mol. The van der Waals surface area contributed by atoms with Gasteiger partial charge in [0.05, 0.1) is 11.5 Å². The summed E-state index contributed by atoms with van der Waals surface area (Å²) in [5, 5.41) is 12.7. The van der Waals surface area contributed by atoms with Crippen LogP contribution < -0.4 is 9.61 Å². The Balaban J connectivity index is 1.76. The van der Waals surface area contributed by atoms with Gasteiger partial charge in [0, 0.05) is 34.3 Å². The molecule has 1 aliphatic rings. The van der Waals surface area contributed by atoms with Gasteiger partial charge in [-0.25, -0.2) is 0 Å². The molecule has 0 amide bonds. The number of nitro groups is 1. The molecule has 1 aromatic carbocycles. The number of non-ortho nitro benzene ring substituents is 1. The van der Waals surface area contributed by atoms with E-state index >= 15 is 0 Å². The Morgan fingerprint density at radius 2 is 2.28 bits per heavy atom. The first kappa shape index (κ1) is 17.1. The van der Waals surface area contributed by atoms with Crippen molar-refractivity contribution in [3.8, 4) is 5.75 Å². The molecule has 1 aliphatic heterocycles. The average Bonchev–Trinajstić information content (AvgIpc) is 2.91. The van der Waals surface area contributed by atoms with E-state index in [4.69, 9.17) is 14.2 Å². The second-order valence-corrected chi connectivity index (χ2v) is 6.17. The largest absolute Gasteiger partial charge is 0.467 e. The minimum absolute atomic E-state index is 0.0231. The Morgan fingerprint density at radius 3 is 2.96 bits per heavy atom. The summed E-state index contributed by atoms with van der Waals surface area (Å²) < 4.78 is 17.0. The molecule has 0 N–H and O–H groups in total. The summed E-state index contributed by atoms with van der Waals surface area (Å²) in [5.74, 6) is -0.190. The number of ether oxygens (including phenoxy) is 3. The lowest BCUT2D eigenvalue weighted by molar-refractivity contribution is -0.385. The molecule has 0 radical (unpaired) electrons. The number of hydrogen-bond donors (Lipinski definition) is 0. The molecule has 2 heterocycles. The van der Waals surface area contributed by atoms with Gasteiger partial charge in [0.2, 0.25) is 0 Å². The number of rotatable bonds is 5. The molecule has 0 atom stereocenters. The monoisotopic (exact) mass is 366 g/mol. The summed E-state index contributed by atoms with van der Waals surface area (Å²) in [7, 11) is 0. The zero-order valence-electron chi connectivity index (χ0n) is 13.2. The first-order chi connectivity index (χ1) is 12.0. The van der Waals surface area contributed by atoms with Crippen molar-refractivity contribution in [3.63, 3.8) is 0 Å². The van der Waals surface area contributed by atoms with Crippen molar-refractivity contribution in [2.24, 2.45) is 0 Å². The molecule has 9 nitrogen and oxygen atoms in total. The van der Waals surface area contributed by atoms with Gasteiger partial charge in [0.15, 0.2) is 6.79 Å². The summed E-state index contributed by atoms with van der Waals surface area (Å²) in [6.45, 7) is 1.52. The van der Waals surface area contributed by atoms with Crippen LogP contribution in [-0.2, 0) is 34.0 Å². The van der Waals surface area contributed by atoms with E-state index in [9.17, 15) is 19.7 Å². The molecular weight excluding hydrogens is 352 g/mol. The number of benzene rings is 1. The van der Waals surface area contributed by atoms with Crippen molar-refractivity contribution in [2.75, 3.05) is 6.79 Å². The van der Waals surface area contributed by atoms with Gasteiger partial charge < -0.3 is 14.2 Å². The third kappa shape index (κ3) is 3.69. The maximum Gasteiger partial charge on any atom is 0.326 e. The van der Waals surface area contributed by atoms with E-state index in [1.54, 1.807) is 12.3 Å². The summed E-state index contributed by atoms with van der Waals surface area (Å²) in [4.78, 5) is 33.9. The second-order valence-electron chi connectivity index (χ2n) is 5.35. The molecule has 132 valence electrons. The van der Waals surface area contributed by atoms with E-state index in [2.05, 4.69) is 0 Å². The Bertz CT molecular complexity index is 886. The van der Waals surface area contributed by atoms with E-state index in [1.807, 2.05) is 0 Å². The third-order valence-electron chi connectivity index (χ3n) is 3.63. The normalized spacial score (nSPS) is 13.0. The van der Waals surface area contributed by atoms with Crippen molar-refractivity contribution in [2.45, 2.75) is 26.7 Å². The molecule has 25 heavy (non-hydrogen) atoms. The van der Waals surface area contributed by atoms with Gasteiger partial charge >= 0.3 is 10.8 Å². The lowest BCUT2D eigenvalue weighted by Gasteiger charge is -2.20. The molecule has 0 aliphatic carbocycles. The van der Waals surface area contributed by atoms with Gasteiger partial charge in [-0.3, -0.25) is 24.3 Å². The van der Waals surface area contributed by atoms with Crippen molar-refractivity contribution in [1.29, 1.82) is 0 Å². The molecule has 0 fully saturated rings. The van der Waals surface area contributed by atoms with Crippen LogP contribution in [0.1, 0.15) is 16.8 Å². The van der Waals surface area contributed by atoms with E-state index in [0.717, 1.165) is 11.3 Å². The number of fused-ring (bicyclic) bond motifs is 1. The van der Waals surface area contributed by atoms with Gasteiger partial charge in [-0.1, -0.05) is 11.3 Å². The molecule has 1 aromatic heterocycles. The number of carbonyl (C=O) groups excluding carboxylic acids is 1. The van der Waals surface area contributed by atoms with Crippen molar-refractivity contribution in [1.82, 2.24) is 4.57 Å². The highest BCUT2D eigenvalue weighted by Crippen LogP contribution is 2.33. The number of hydrogen-bond acceptors (Lipinski definition) is 8. The van der Waals surface area contributed by atoms with Gasteiger partial charge in [-0.2, -0.15) is 0 Å². The number of thiazole rings is 1. The Hall–Kier alpha value is -2.72. The first-order valence-corrected chi connectivity index (χ1v) is 8.15. The van der Waals surface area contributed by atoms with Crippen molar-refractivity contribution in [3.05, 3.63) is 54.1 Å². The maximum atomic E-state index is 12.0. The maximum absolute atomic E-state index is 12.0. The molecule has 0 saturated heterocycles. The standard InChI is InChI=1S/C15H14N2O7S/c1-9-7-25-15(19)16(9)4-13(18)23-6-11-3-12(17(20)21)2-10-5-22-8-24-14(10)11/h2-3,7H,4-6,8H2,1H3. The zero-order chi connectivity index (χ0) is 18.0. The number of nitrogens with zero attached hydrogens (tertiary/aromatic N) is 2. The molecule has 0 bridgehead atoms. The smallest absolute Gasteiger partial charge is 0.326 e. The fraction of sp³-hybridized carbons (Fsp3) is 0.333. The third-order valence-corrected chi connectivity index (χ3v) is 4.52. The van der Waals surface area contributed by atoms with E-state index in [1.165, 1.54) is 16.7 Å². The highest BCUT2D eigenvalue weighted by molar-refractivity contribution is 7.07. The summed E-state index contributed by atoms with van der Waals surface area (Å²) in [6.07, 6.45) is 0. The van der Waals surface area contributed by atoms with Crippen LogP contribution in [0, 0.1) is 17.0 Å². The molecule has 0 spiro atoms. The Labute approximate surface area is 145 Å². The lowest BCUT2D eigenvalue weighted by Crippen LogP contribution is -2.22. The number of esters is 1. The van der Waals surface area contributed by atoms with Crippen LogP contribution >= 0.6 is 11.3 Å². The van der Waals surface area contributed by atoms with Crippen LogP contribution in [0.5, 0.6) is 5.75 Å². The van der Waals surface area contributed by atoms with Crippen LogP contribution in [0.25, 0.3) is 0 Å². The second kappa shape index (κ2) is 7.03. The highest BCUT2D eigenvalue weighted by atomic mass is 32.1. The van der Waals surface area contributed by atoms with Crippen LogP contribution in [-0.4, -0.2) is 22.3 Å². The molecule has 3 rings (SSSR count). The predicted octanol–water partition coefficient (Wildman–Crippen LogP) is 1.74. The molecule has 10 heteroatoms. The number of aryl methyl sites for hydroxylation is 1. The van der Waals surface area contributed by atoms with E-state index < -0.39 is 10.9 Å². The van der Waals surface area contributed by atoms with Crippen LogP contribution in [0.15, 0.2) is 22.3 Å². The molecule has 0 saturated carbocycles. The zero-order valence-corrected chi connectivity index (χ0v) is 14.0. The quantitative estimate of drug-likeness (QED) is 0.450. The minimum atomic E-state index is -0.615. The Kier molecular flexibility index (Phi) is 4.81. The van der Waals surface area contributed by atoms with Gasteiger partial charge in [0.25, 0.3) is 5.69 Å². The first-order valence-electron chi connectivity index (χ1n) is 7.27. The SMILES string of the molecule is Cc1csc(=O)n1CC(=O)OCc1cc([N+](=O)[O-])cc2c1OCOC2. The number of nitro benzene ring substituents is 1. The summed E-state index contributed by atoms with van der Waals surface area (Å²) in [6, 6.07) is 2.67. The van der Waals surface area contributed by atoms with Gasteiger partial charge in [-0.15, -0.1) is 0 Å². The van der Waals surface area contributed by atoms with Crippen LogP contribution in [0.3, 0.4) is 0 Å². The molecule has 2 aromatic rings. The number of carbonyl (C=O) groups is 1. The van der Waals surface area contributed by atoms with Crippen molar-refractivity contribution >= 4 is 23.0 Å². The minimum Gasteiger partial charge on any atom is -0.467 e. The lowest BCUT2D eigenvalue weighted by atomic mass is 10.1. The molecular formula is C15H14N2O7S.